The summed E-state index contributed by atoms with van der Waals surface area (Å²) < 4.78 is 0. The van der Waals surface area contributed by atoms with Crippen LogP contribution in [-0.4, -0.2) is 21.6 Å². The number of aliphatic hydroxyl groups is 1. The standard InChI is InChI=1S/C15H13N3O3/c19-14-12-7-4-8-16-15(12)17(10-13(14)18(20)21)9-11-5-2-1-3-6-11/h1-8,19H,9-10H2. The number of nitrogens with zero attached hydrogens (tertiary/aromatic N) is 3. The molecule has 0 fully saturated rings. The van der Waals surface area contributed by atoms with Crippen molar-refractivity contribution >= 4 is 11.6 Å². The van der Waals surface area contributed by atoms with E-state index in [1.165, 1.54) is 0 Å². The minimum Gasteiger partial charge on any atom is -0.502 e. The molecular formula is C15H13N3O3. The van der Waals surface area contributed by atoms with E-state index in [0.29, 0.717) is 17.9 Å². The molecule has 0 radical (unpaired) electrons. The van der Waals surface area contributed by atoms with Crippen molar-refractivity contribution in [3.8, 4) is 0 Å². The number of aliphatic hydroxyl groups excluding tert-OH is 1. The van der Waals surface area contributed by atoms with Gasteiger partial charge in [0.1, 0.15) is 12.4 Å². The molecule has 2 heterocycles. The third kappa shape index (κ3) is 2.43. The van der Waals surface area contributed by atoms with Crippen LogP contribution in [0, 0.1) is 10.1 Å². The lowest BCUT2D eigenvalue weighted by atomic mass is 10.1. The maximum atomic E-state index is 11.1. The fourth-order valence-electron chi connectivity index (χ4n) is 2.40. The zero-order valence-electron chi connectivity index (χ0n) is 11.1. The Labute approximate surface area is 121 Å². The Morgan fingerprint density at radius 2 is 2.00 bits per heavy atom. The summed E-state index contributed by atoms with van der Waals surface area (Å²) in [5.41, 5.74) is 1.22. The molecule has 0 bridgehead atoms. The summed E-state index contributed by atoms with van der Waals surface area (Å²) in [5, 5.41) is 21.2. The number of benzene rings is 1. The van der Waals surface area contributed by atoms with Gasteiger partial charge in [0.05, 0.1) is 10.5 Å². The van der Waals surface area contributed by atoms with E-state index in [2.05, 4.69) is 4.98 Å². The lowest BCUT2D eigenvalue weighted by molar-refractivity contribution is -0.425. The molecule has 1 aliphatic rings. The molecule has 0 unspecified atom stereocenters. The minimum absolute atomic E-state index is 0.0255. The van der Waals surface area contributed by atoms with Crippen LogP contribution in [0.4, 0.5) is 5.82 Å². The number of pyridine rings is 1. The van der Waals surface area contributed by atoms with Crippen LogP contribution in [0.5, 0.6) is 0 Å². The quantitative estimate of drug-likeness (QED) is 0.692. The van der Waals surface area contributed by atoms with Crippen LogP contribution in [0.15, 0.2) is 54.4 Å². The summed E-state index contributed by atoms with van der Waals surface area (Å²) in [7, 11) is 0. The molecule has 6 heteroatoms. The first-order chi connectivity index (χ1) is 10.2. The average Bonchev–Trinajstić information content (AvgIpc) is 2.51. The Bertz CT molecular complexity index is 713. The van der Waals surface area contributed by atoms with E-state index in [9.17, 15) is 15.2 Å². The Morgan fingerprint density at radius 3 is 2.71 bits per heavy atom. The van der Waals surface area contributed by atoms with Gasteiger partial charge in [-0.1, -0.05) is 30.3 Å². The topological polar surface area (TPSA) is 79.5 Å². The van der Waals surface area contributed by atoms with Crippen molar-refractivity contribution in [2.45, 2.75) is 6.54 Å². The second kappa shape index (κ2) is 5.24. The molecule has 21 heavy (non-hydrogen) atoms. The molecule has 1 aromatic carbocycles. The molecule has 6 nitrogen and oxygen atoms in total. The number of anilines is 1. The lowest BCUT2D eigenvalue weighted by Crippen LogP contribution is -2.32. The van der Waals surface area contributed by atoms with Crippen LogP contribution < -0.4 is 4.90 Å². The van der Waals surface area contributed by atoms with Crippen LogP contribution in [0.1, 0.15) is 11.1 Å². The van der Waals surface area contributed by atoms with Gasteiger partial charge in [-0.25, -0.2) is 4.98 Å². The van der Waals surface area contributed by atoms with Crippen LogP contribution in [-0.2, 0) is 6.54 Å². The predicted molar refractivity (Wildman–Crippen MR) is 78.3 cm³/mol. The van der Waals surface area contributed by atoms with E-state index in [4.69, 9.17) is 0 Å². The van der Waals surface area contributed by atoms with Gasteiger partial charge < -0.3 is 10.0 Å². The van der Waals surface area contributed by atoms with Crippen molar-refractivity contribution in [2.75, 3.05) is 11.4 Å². The van der Waals surface area contributed by atoms with Crippen LogP contribution in [0.2, 0.25) is 0 Å². The van der Waals surface area contributed by atoms with Gasteiger partial charge in [-0.3, -0.25) is 10.1 Å². The highest BCUT2D eigenvalue weighted by Gasteiger charge is 2.32. The van der Waals surface area contributed by atoms with E-state index in [1.54, 1.807) is 23.2 Å². The maximum absolute atomic E-state index is 11.1. The van der Waals surface area contributed by atoms with E-state index in [0.717, 1.165) is 5.56 Å². The number of fused-ring (bicyclic) bond motifs is 1. The zero-order valence-corrected chi connectivity index (χ0v) is 11.1. The van der Waals surface area contributed by atoms with Crippen molar-refractivity contribution in [1.82, 2.24) is 4.98 Å². The van der Waals surface area contributed by atoms with Gasteiger partial charge in [0.25, 0.3) is 0 Å². The molecule has 0 saturated carbocycles. The van der Waals surface area contributed by atoms with Crippen molar-refractivity contribution in [2.24, 2.45) is 0 Å². The maximum Gasteiger partial charge on any atom is 0.307 e. The SMILES string of the molecule is O=[N+]([O-])C1=C(O)c2cccnc2N(Cc2ccccc2)C1. The van der Waals surface area contributed by atoms with Crippen LogP contribution in [0.3, 0.4) is 0 Å². The lowest BCUT2D eigenvalue weighted by Gasteiger charge is -2.28. The highest BCUT2D eigenvalue weighted by atomic mass is 16.6. The summed E-state index contributed by atoms with van der Waals surface area (Å²) in [6.07, 6.45) is 1.61. The van der Waals surface area contributed by atoms with Crippen molar-refractivity contribution in [1.29, 1.82) is 0 Å². The van der Waals surface area contributed by atoms with Gasteiger partial charge in [0.2, 0.25) is 5.76 Å². The van der Waals surface area contributed by atoms with Gasteiger partial charge in [-0.2, -0.15) is 0 Å². The summed E-state index contributed by atoms with van der Waals surface area (Å²) in [6, 6.07) is 12.9. The number of hydrogen-bond acceptors (Lipinski definition) is 5. The molecule has 0 spiro atoms. The number of nitro groups is 1. The first kappa shape index (κ1) is 13.1. The second-order valence-electron chi connectivity index (χ2n) is 4.77. The molecule has 1 aromatic heterocycles. The fraction of sp³-hybridized carbons (Fsp3) is 0.133. The molecule has 0 atom stereocenters. The first-order valence-corrected chi connectivity index (χ1v) is 6.47. The average molecular weight is 283 g/mol. The second-order valence-corrected chi connectivity index (χ2v) is 4.77. The van der Waals surface area contributed by atoms with Gasteiger partial charge >= 0.3 is 5.70 Å². The predicted octanol–water partition coefficient (Wildman–Crippen LogP) is 2.61. The zero-order chi connectivity index (χ0) is 14.8. The molecule has 0 saturated heterocycles. The minimum atomic E-state index is -0.538. The van der Waals surface area contributed by atoms with Crippen LogP contribution in [0.25, 0.3) is 5.76 Å². The van der Waals surface area contributed by atoms with Gasteiger partial charge in [0, 0.05) is 12.7 Å². The van der Waals surface area contributed by atoms with E-state index in [-0.39, 0.29) is 18.0 Å². The van der Waals surface area contributed by atoms with Crippen LogP contribution >= 0.6 is 0 Å². The Hall–Kier alpha value is -2.89. The summed E-state index contributed by atoms with van der Waals surface area (Å²) >= 11 is 0. The number of aromatic nitrogens is 1. The van der Waals surface area contributed by atoms with Crippen molar-refractivity contribution < 1.29 is 10.0 Å². The normalized spacial score (nSPS) is 14.0. The van der Waals surface area contributed by atoms with Crippen molar-refractivity contribution in [3.05, 3.63) is 75.6 Å². The number of rotatable bonds is 3. The number of hydrogen-bond donors (Lipinski definition) is 1. The fourth-order valence-corrected chi connectivity index (χ4v) is 2.40. The van der Waals surface area contributed by atoms with E-state index in [1.807, 2.05) is 30.3 Å². The van der Waals surface area contributed by atoms with Gasteiger partial charge in [-0.15, -0.1) is 0 Å². The molecule has 0 aliphatic carbocycles. The molecular weight excluding hydrogens is 270 g/mol. The van der Waals surface area contributed by atoms with E-state index >= 15 is 0 Å². The molecule has 1 N–H and O–H groups in total. The summed E-state index contributed by atoms with van der Waals surface area (Å²) in [6.45, 7) is 0.521. The monoisotopic (exact) mass is 283 g/mol. The van der Waals surface area contributed by atoms with Crippen molar-refractivity contribution in [3.63, 3.8) is 0 Å². The largest absolute Gasteiger partial charge is 0.502 e. The third-order valence-electron chi connectivity index (χ3n) is 3.39. The third-order valence-corrected chi connectivity index (χ3v) is 3.39. The first-order valence-electron chi connectivity index (χ1n) is 6.47. The smallest absolute Gasteiger partial charge is 0.307 e. The Balaban J connectivity index is 2.02. The molecule has 2 aromatic rings. The van der Waals surface area contributed by atoms with Gasteiger partial charge in [-0.05, 0) is 17.7 Å². The van der Waals surface area contributed by atoms with E-state index < -0.39 is 4.92 Å². The Morgan fingerprint density at radius 1 is 1.24 bits per heavy atom. The Kier molecular flexibility index (Phi) is 3.27. The summed E-state index contributed by atoms with van der Waals surface area (Å²) in [5.74, 6) is 0.261. The molecule has 1 aliphatic heterocycles. The molecule has 0 amide bonds. The highest BCUT2D eigenvalue weighted by Crippen LogP contribution is 2.32. The highest BCUT2D eigenvalue weighted by molar-refractivity contribution is 5.74. The molecule has 3 rings (SSSR count). The summed E-state index contributed by atoms with van der Waals surface area (Å²) in [4.78, 5) is 16.6. The van der Waals surface area contributed by atoms with Gasteiger partial charge in [0.15, 0.2) is 0 Å². The molecule has 106 valence electrons.